The Kier molecular flexibility index (Phi) is 3.45. The normalized spacial score (nSPS) is 19.3. The molecule has 2 amide bonds. The van der Waals surface area contributed by atoms with Crippen molar-refractivity contribution in [1.29, 1.82) is 0 Å². The third kappa shape index (κ3) is 2.27. The number of nitrogens with one attached hydrogen (secondary N) is 1. The molecule has 1 unspecified atom stereocenters. The van der Waals surface area contributed by atoms with Crippen molar-refractivity contribution in [2.24, 2.45) is 0 Å². The van der Waals surface area contributed by atoms with Gasteiger partial charge in [0.25, 0.3) is 5.91 Å². The Hall–Kier alpha value is -2.11. The van der Waals surface area contributed by atoms with Crippen molar-refractivity contribution in [2.75, 3.05) is 20.2 Å². The first-order valence-corrected chi connectivity index (χ1v) is 5.72. The van der Waals surface area contributed by atoms with Gasteiger partial charge in [-0.2, -0.15) is 0 Å². The van der Waals surface area contributed by atoms with Crippen molar-refractivity contribution in [3.8, 4) is 5.88 Å². The summed E-state index contributed by atoms with van der Waals surface area (Å²) in [5, 5.41) is 2.72. The van der Waals surface area contributed by atoms with Crippen molar-refractivity contribution >= 4 is 11.8 Å². The number of carbonyl (C=O) groups is 2. The lowest BCUT2D eigenvalue weighted by Gasteiger charge is -2.32. The maximum atomic E-state index is 12.2. The molecular formula is C12H15N3O3. The lowest BCUT2D eigenvalue weighted by atomic mass is 10.1. The monoisotopic (exact) mass is 249 g/mol. The molecule has 6 heteroatoms. The van der Waals surface area contributed by atoms with E-state index in [0.717, 1.165) is 0 Å². The summed E-state index contributed by atoms with van der Waals surface area (Å²) in [6.45, 7) is 2.71. The molecule has 1 aromatic heterocycles. The SMILES string of the molecule is COc1ccc(C(=O)N2CCNC(=O)C2C)cn1. The molecule has 1 saturated heterocycles. The minimum absolute atomic E-state index is 0.129. The third-order valence-corrected chi connectivity index (χ3v) is 2.95. The highest BCUT2D eigenvalue weighted by Crippen LogP contribution is 2.12. The van der Waals surface area contributed by atoms with Gasteiger partial charge in [-0.05, 0) is 13.0 Å². The summed E-state index contributed by atoms with van der Waals surface area (Å²) in [4.78, 5) is 29.3. The molecule has 1 aliphatic heterocycles. The maximum Gasteiger partial charge on any atom is 0.256 e. The van der Waals surface area contributed by atoms with Gasteiger partial charge in [0.2, 0.25) is 11.8 Å². The fraction of sp³-hybridized carbons (Fsp3) is 0.417. The third-order valence-electron chi connectivity index (χ3n) is 2.95. The summed E-state index contributed by atoms with van der Waals surface area (Å²) < 4.78 is 4.93. The number of aromatic nitrogens is 1. The van der Waals surface area contributed by atoms with Crippen LogP contribution in [0.3, 0.4) is 0 Å². The van der Waals surface area contributed by atoms with Crippen LogP contribution in [0, 0.1) is 0 Å². The molecule has 2 heterocycles. The predicted octanol–water partition coefficient (Wildman–Crippen LogP) is 0.0507. The molecule has 96 valence electrons. The van der Waals surface area contributed by atoms with Crippen LogP contribution in [0.25, 0.3) is 0 Å². The molecule has 0 spiro atoms. The summed E-state index contributed by atoms with van der Waals surface area (Å²) >= 11 is 0. The zero-order valence-corrected chi connectivity index (χ0v) is 10.3. The molecule has 0 saturated carbocycles. The van der Waals surface area contributed by atoms with Gasteiger partial charge in [0, 0.05) is 25.4 Å². The van der Waals surface area contributed by atoms with Crippen molar-refractivity contribution in [3.63, 3.8) is 0 Å². The Morgan fingerprint density at radius 2 is 2.33 bits per heavy atom. The average Bonchev–Trinajstić information content (AvgIpc) is 2.41. The van der Waals surface area contributed by atoms with Crippen molar-refractivity contribution in [1.82, 2.24) is 15.2 Å². The van der Waals surface area contributed by atoms with Crippen LogP contribution in [-0.2, 0) is 4.79 Å². The van der Waals surface area contributed by atoms with Gasteiger partial charge in [-0.3, -0.25) is 9.59 Å². The minimum Gasteiger partial charge on any atom is -0.481 e. The molecule has 1 N–H and O–H groups in total. The number of rotatable bonds is 2. The van der Waals surface area contributed by atoms with Crippen LogP contribution in [0.5, 0.6) is 5.88 Å². The van der Waals surface area contributed by atoms with Gasteiger partial charge in [0.05, 0.1) is 12.7 Å². The van der Waals surface area contributed by atoms with Gasteiger partial charge in [-0.15, -0.1) is 0 Å². The lowest BCUT2D eigenvalue weighted by molar-refractivity contribution is -0.127. The molecule has 0 bridgehead atoms. The summed E-state index contributed by atoms with van der Waals surface area (Å²) in [5.41, 5.74) is 0.456. The maximum absolute atomic E-state index is 12.2. The van der Waals surface area contributed by atoms with Gasteiger partial charge >= 0.3 is 0 Å². The Morgan fingerprint density at radius 1 is 1.56 bits per heavy atom. The molecule has 1 fully saturated rings. The van der Waals surface area contributed by atoms with Crippen LogP contribution in [0.4, 0.5) is 0 Å². The second-order valence-electron chi connectivity index (χ2n) is 4.05. The fourth-order valence-electron chi connectivity index (χ4n) is 1.85. The van der Waals surface area contributed by atoms with E-state index < -0.39 is 6.04 Å². The summed E-state index contributed by atoms with van der Waals surface area (Å²) in [6.07, 6.45) is 1.46. The number of piperazine rings is 1. The van der Waals surface area contributed by atoms with E-state index in [0.29, 0.717) is 24.5 Å². The van der Waals surface area contributed by atoms with Crippen molar-refractivity contribution in [3.05, 3.63) is 23.9 Å². The first kappa shape index (κ1) is 12.3. The first-order chi connectivity index (χ1) is 8.63. The topological polar surface area (TPSA) is 71.5 Å². The Labute approximate surface area is 105 Å². The molecule has 1 aliphatic rings. The second kappa shape index (κ2) is 5.03. The molecule has 1 atom stereocenters. The fourth-order valence-corrected chi connectivity index (χ4v) is 1.85. The van der Waals surface area contributed by atoms with Crippen molar-refractivity contribution < 1.29 is 14.3 Å². The van der Waals surface area contributed by atoms with E-state index >= 15 is 0 Å². The molecule has 1 aromatic rings. The number of hydrogen-bond acceptors (Lipinski definition) is 4. The number of pyridine rings is 1. The number of methoxy groups -OCH3 is 1. The average molecular weight is 249 g/mol. The van der Waals surface area contributed by atoms with E-state index in [9.17, 15) is 9.59 Å². The number of hydrogen-bond donors (Lipinski definition) is 1. The van der Waals surface area contributed by atoms with Crippen LogP contribution < -0.4 is 10.1 Å². The molecule has 18 heavy (non-hydrogen) atoms. The van der Waals surface area contributed by atoms with Crippen molar-refractivity contribution in [2.45, 2.75) is 13.0 Å². The van der Waals surface area contributed by atoms with Crippen LogP contribution in [0.2, 0.25) is 0 Å². The zero-order valence-electron chi connectivity index (χ0n) is 10.3. The van der Waals surface area contributed by atoms with Crippen LogP contribution in [0.15, 0.2) is 18.3 Å². The largest absolute Gasteiger partial charge is 0.481 e. The first-order valence-electron chi connectivity index (χ1n) is 5.72. The van der Waals surface area contributed by atoms with E-state index in [1.54, 1.807) is 24.0 Å². The standard InChI is InChI=1S/C12H15N3O3/c1-8-11(16)13-5-6-15(8)12(17)9-3-4-10(18-2)14-7-9/h3-4,7-8H,5-6H2,1-2H3,(H,13,16). The molecule has 0 aliphatic carbocycles. The minimum atomic E-state index is -0.451. The Morgan fingerprint density at radius 3 is 2.94 bits per heavy atom. The van der Waals surface area contributed by atoms with Gasteiger partial charge in [-0.1, -0.05) is 0 Å². The van der Waals surface area contributed by atoms with E-state index in [1.807, 2.05) is 0 Å². The number of ether oxygens (including phenoxy) is 1. The highest BCUT2D eigenvalue weighted by atomic mass is 16.5. The lowest BCUT2D eigenvalue weighted by Crippen LogP contribution is -2.55. The van der Waals surface area contributed by atoms with E-state index in [1.165, 1.54) is 13.3 Å². The van der Waals surface area contributed by atoms with Gasteiger partial charge in [-0.25, -0.2) is 4.98 Å². The molecule has 6 nitrogen and oxygen atoms in total. The summed E-state index contributed by atoms with van der Waals surface area (Å²) in [7, 11) is 1.51. The highest BCUT2D eigenvalue weighted by molar-refractivity contribution is 5.97. The molecule has 0 radical (unpaired) electrons. The van der Waals surface area contributed by atoms with Crippen LogP contribution in [0.1, 0.15) is 17.3 Å². The summed E-state index contributed by atoms with van der Waals surface area (Å²) in [6, 6.07) is 2.82. The highest BCUT2D eigenvalue weighted by Gasteiger charge is 2.29. The number of amides is 2. The summed E-state index contributed by atoms with van der Waals surface area (Å²) in [5.74, 6) is 0.138. The van der Waals surface area contributed by atoms with Crippen LogP contribution >= 0.6 is 0 Å². The zero-order chi connectivity index (χ0) is 13.1. The number of carbonyl (C=O) groups excluding carboxylic acids is 2. The van der Waals surface area contributed by atoms with E-state index in [2.05, 4.69) is 10.3 Å². The van der Waals surface area contributed by atoms with E-state index in [4.69, 9.17) is 4.74 Å². The second-order valence-corrected chi connectivity index (χ2v) is 4.05. The number of nitrogens with zero attached hydrogens (tertiary/aromatic N) is 2. The van der Waals surface area contributed by atoms with Gasteiger partial charge in [0.1, 0.15) is 6.04 Å². The van der Waals surface area contributed by atoms with Gasteiger partial charge in [0.15, 0.2) is 0 Å². The molecule has 2 rings (SSSR count). The smallest absolute Gasteiger partial charge is 0.256 e. The Balaban J connectivity index is 2.16. The predicted molar refractivity (Wildman–Crippen MR) is 64.3 cm³/mol. The van der Waals surface area contributed by atoms with Crippen LogP contribution in [-0.4, -0.2) is 47.9 Å². The molecular weight excluding hydrogens is 234 g/mol. The van der Waals surface area contributed by atoms with Gasteiger partial charge < -0.3 is 15.0 Å². The molecule has 0 aromatic carbocycles. The van der Waals surface area contributed by atoms with E-state index in [-0.39, 0.29) is 11.8 Å². The Bertz CT molecular complexity index is 458. The quantitative estimate of drug-likeness (QED) is 0.804.